The van der Waals surface area contributed by atoms with Crippen molar-refractivity contribution < 1.29 is 9.59 Å². The van der Waals surface area contributed by atoms with E-state index < -0.39 is 5.41 Å². The summed E-state index contributed by atoms with van der Waals surface area (Å²) in [6.45, 7) is 7.08. The Kier molecular flexibility index (Phi) is 5.50. The molecule has 2 amide bonds. The summed E-state index contributed by atoms with van der Waals surface area (Å²) < 4.78 is 1.36. The van der Waals surface area contributed by atoms with E-state index in [1.54, 1.807) is 49.4 Å². The molecular formula is C22H24N4O3. The van der Waals surface area contributed by atoms with E-state index in [2.05, 4.69) is 15.6 Å². The smallest absolute Gasteiger partial charge is 0.261 e. The summed E-state index contributed by atoms with van der Waals surface area (Å²) in [7, 11) is 0. The van der Waals surface area contributed by atoms with Gasteiger partial charge in [0.1, 0.15) is 12.4 Å². The Morgan fingerprint density at radius 1 is 0.966 bits per heavy atom. The zero-order chi connectivity index (χ0) is 21.2. The molecule has 0 aliphatic heterocycles. The predicted octanol–water partition coefficient (Wildman–Crippen LogP) is 3.33. The van der Waals surface area contributed by atoms with Gasteiger partial charge in [0.25, 0.3) is 5.56 Å². The lowest BCUT2D eigenvalue weighted by Gasteiger charge is -2.17. The minimum atomic E-state index is -0.494. The van der Waals surface area contributed by atoms with Crippen LogP contribution in [0.15, 0.2) is 53.3 Å². The molecule has 0 fully saturated rings. The van der Waals surface area contributed by atoms with E-state index >= 15 is 0 Å². The van der Waals surface area contributed by atoms with Crippen LogP contribution < -0.4 is 16.2 Å². The minimum Gasteiger partial charge on any atom is -0.326 e. The van der Waals surface area contributed by atoms with Crippen LogP contribution >= 0.6 is 0 Å². The van der Waals surface area contributed by atoms with E-state index in [-0.39, 0.29) is 23.9 Å². The maximum absolute atomic E-state index is 12.7. The van der Waals surface area contributed by atoms with Crippen molar-refractivity contribution in [3.8, 4) is 0 Å². The Balaban J connectivity index is 1.71. The summed E-state index contributed by atoms with van der Waals surface area (Å²) in [4.78, 5) is 41.6. The molecule has 0 saturated carbocycles. The largest absolute Gasteiger partial charge is 0.326 e. The topological polar surface area (TPSA) is 93.1 Å². The van der Waals surface area contributed by atoms with Crippen molar-refractivity contribution in [2.24, 2.45) is 5.41 Å². The van der Waals surface area contributed by atoms with Crippen molar-refractivity contribution in [1.82, 2.24) is 9.55 Å². The van der Waals surface area contributed by atoms with Crippen LogP contribution in [0.4, 0.5) is 11.4 Å². The number of nitrogens with one attached hydrogen (secondary N) is 2. The number of amides is 2. The number of carbonyl (C=O) groups excluding carboxylic acids is 2. The van der Waals surface area contributed by atoms with Crippen molar-refractivity contribution >= 4 is 34.1 Å². The third-order valence-electron chi connectivity index (χ3n) is 4.46. The van der Waals surface area contributed by atoms with Gasteiger partial charge in [-0.25, -0.2) is 4.98 Å². The van der Waals surface area contributed by atoms with E-state index in [0.717, 1.165) is 0 Å². The van der Waals surface area contributed by atoms with Crippen LogP contribution in [0.5, 0.6) is 0 Å². The molecule has 150 valence electrons. The highest BCUT2D eigenvalue weighted by molar-refractivity contribution is 5.95. The van der Waals surface area contributed by atoms with E-state index in [0.29, 0.717) is 28.1 Å². The SMILES string of the molecule is Cc1nc2ccccc2c(=O)n1CC(=O)Nc1ccc(NC(=O)C(C)(C)C)cc1. The van der Waals surface area contributed by atoms with Gasteiger partial charge in [-0.2, -0.15) is 0 Å². The highest BCUT2D eigenvalue weighted by Gasteiger charge is 2.21. The van der Waals surface area contributed by atoms with Crippen LogP contribution in [-0.4, -0.2) is 21.4 Å². The van der Waals surface area contributed by atoms with Crippen LogP contribution in [0.1, 0.15) is 26.6 Å². The lowest BCUT2D eigenvalue weighted by atomic mass is 9.95. The third-order valence-corrected chi connectivity index (χ3v) is 4.46. The second kappa shape index (κ2) is 7.87. The van der Waals surface area contributed by atoms with Crippen LogP contribution in [0, 0.1) is 12.3 Å². The van der Waals surface area contributed by atoms with Crippen LogP contribution in [0.25, 0.3) is 10.9 Å². The summed E-state index contributed by atoms with van der Waals surface area (Å²) in [5.41, 5.74) is 1.09. The molecule has 2 aromatic carbocycles. The molecule has 3 aromatic rings. The van der Waals surface area contributed by atoms with E-state index in [4.69, 9.17) is 0 Å². The number of aryl methyl sites for hydroxylation is 1. The van der Waals surface area contributed by atoms with Gasteiger partial charge in [0.05, 0.1) is 10.9 Å². The van der Waals surface area contributed by atoms with E-state index in [1.165, 1.54) is 4.57 Å². The molecule has 2 N–H and O–H groups in total. The average molecular weight is 392 g/mol. The van der Waals surface area contributed by atoms with Gasteiger partial charge in [0, 0.05) is 16.8 Å². The summed E-state index contributed by atoms with van der Waals surface area (Å²) in [6.07, 6.45) is 0. The highest BCUT2D eigenvalue weighted by atomic mass is 16.2. The van der Waals surface area contributed by atoms with Gasteiger partial charge in [0.2, 0.25) is 11.8 Å². The van der Waals surface area contributed by atoms with Crippen molar-refractivity contribution in [2.75, 3.05) is 10.6 Å². The van der Waals surface area contributed by atoms with Gasteiger partial charge < -0.3 is 10.6 Å². The first-order valence-electron chi connectivity index (χ1n) is 9.33. The van der Waals surface area contributed by atoms with Gasteiger partial charge in [-0.3, -0.25) is 19.0 Å². The number of carbonyl (C=O) groups is 2. The zero-order valence-corrected chi connectivity index (χ0v) is 16.9. The van der Waals surface area contributed by atoms with Gasteiger partial charge >= 0.3 is 0 Å². The molecule has 0 bridgehead atoms. The number of anilines is 2. The molecular weight excluding hydrogens is 368 g/mol. The fourth-order valence-electron chi connectivity index (χ4n) is 2.76. The Morgan fingerprint density at radius 3 is 2.17 bits per heavy atom. The predicted molar refractivity (Wildman–Crippen MR) is 114 cm³/mol. The molecule has 1 aromatic heterocycles. The monoisotopic (exact) mass is 392 g/mol. The van der Waals surface area contributed by atoms with E-state index in [9.17, 15) is 14.4 Å². The fourth-order valence-corrected chi connectivity index (χ4v) is 2.76. The van der Waals surface area contributed by atoms with Crippen molar-refractivity contribution in [2.45, 2.75) is 34.2 Å². The lowest BCUT2D eigenvalue weighted by molar-refractivity contribution is -0.123. The van der Waals surface area contributed by atoms with Crippen molar-refractivity contribution in [3.63, 3.8) is 0 Å². The maximum atomic E-state index is 12.7. The Bertz CT molecular complexity index is 1130. The zero-order valence-electron chi connectivity index (χ0n) is 16.9. The first kappa shape index (κ1) is 20.3. The molecule has 0 unspecified atom stereocenters. The molecule has 0 saturated heterocycles. The minimum absolute atomic E-state index is 0.0899. The molecule has 1 heterocycles. The van der Waals surface area contributed by atoms with Crippen molar-refractivity contribution in [3.05, 3.63) is 64.7 Å². The second-order valence-corrected chi connectivity index (χ2v) is 7.90. The molecule has 0 radical (unpaired) electrons. The Labute approximate surface area is 168 Å². The number of rotatable bonds is 4. The molecule has 3 rings (SSSR count). The van der Waals surface area contributed by atoms with Gasteiger partial charge in [-0.15, -0.1) is 0 Å². The summed E-state index contributed by atoms with van der Waals surface area (Å²) in [5.74, 6) is 0.0517. The molecule has 0 atom stereocenters. The highest BCUT2D eigenvalue weighted by Crippen LogP contribution is 2.19. The number of para-hydroxylation sites is 1. The maximum Gasteiger partial charge on any atom is 0.261 e. The Morgan fingerprint density at radius 2 is 1.55 bits per heavy atom. The number of nitrogens with zero attached hydrogens (tertiary/aromatic N) is 2. The quantitative estimate of drug-likeness (QED) is 0.712. The lowest BCUT2D eigenvalue weighted by Crippen LogP contribution is -2.30. The summed E-state index contributed by atoms with van der Waals surface area (Å²) in [5, 5.41) is 6.07. The summed E-state index contributed by atoms with van der Waals surface area (Å²) >= 11 is 0. The standard InChI is InChI=1S/C22H24N4O3/c1-14-23-18-8-6-5-7-17(18)20(28)26(14)13-19(27)24-15-9-11-16(12-10-15)25-21(29)22(2,3)4/h5-12H,13H2,1-4H3,(H,24,27)(H,25,29). The number of benzene rings is 2. The molecule has 7 heteroatoms. The van der Waals surface area contributed by atoms with Crippen LogP contribution in [0.3, 0.4) is 0 Å². The third kappa shape index (κ3) is 4.68. The molecule has 0 aliphatic carbocycles. The first-order valence-corrected chi connectivity index (χ1v) is 9.33. The number of aromatic nitrogens is 2. The normalized spacial score (nSPS) is 11.3. The first-order chi connectivity index (χ1) is 13.6. The van der Waals surface area contributed by atoms with Gasteiger partial charge in [-0.05, 0) is 43.3 Å². The Hall–Kier alpha value is -3.48. The average Bonchev–Trinajstić information content (AvgIpc) is 2.66. The summed E-state index contributed by atoms with van der Waals surface area (Å²) in [6, 6.07) is 13.9. The van der Waals surface area contributed by atoms with E-state index in [1.807, 2.05) is 26.8 Å². The second-order valence-electron chi connectivity index (χ2n) is 7.90. The fraction of sp³-hybridized carbons (Fsp3) is 0.273. The number of hydrogen-bond donors (Lipinski definition) is 2. The van der Waals surface area contributed by atoms with Crippen molar-refractivity contribution in [1.29, 1.82) is 0 Å². The molecule has 29 heavy (non-hydrogen) atoms. The molecule has 0 aliphatic rings. The van der Waals surface area contributed by atoms with Crippen LogP contribution in [-0.2, 0) is 16.1 Å². The number of fused-ring (bicyclic) bond motifs is 1. The van der Waals surface area contributed by atoms with Gasteiger partial charge in [0.15, 0.2) is 0 Å². The number of hydrogen-bond acceptors (Lipinski definition) is 4. The van der Waals surface area contributed by atoms with Crippen LogP contribution in [0.2, 0.25) is 0 Å². The molecule has 0 spiro atoms. The van der Waals surface area contributed by atoms with Gasteiger partial charge in [-0.1, -0.05) is 32.9 Å². The molecule has 7 nitrogen and oxygen atoms in total.